The molecule has 2 aromatic heterocycles. The van der Waals surface area contributed by atoms with Crippen LogP contribution < -0.4 is 5.32 Å². The topological polar surface area (TPSA) is 63.5 Å². The van der Waals surface area contributed by atoms with E-state index < -0.39 is 9.84 Å². The van der Waals surface area contributed by atoms with Gasteiger partial charge in [0.15, 0.2) is 4.96 Å². The second-order valence-corrected chi connectivity index (χ2v) is 9.64. The summed E-state index contributed by atoms with van der Waals surface area (Å²) in [6.45, 7) is 6.04. The molecule has 2 rings (SSSR count). The molecule has 0 atom stereocenters. The maximum Gasteiger partial charge on any atom is 0.194 e. The van der Waals surface area contributed by atoms with Crippen LogP contribution in [-0.2, 0) is 16.4 Å². The molecule has 0 aliphatic carbocycles. The number of aromatic nitrogens is 2. The first kappa shape index (κ1) is 16.8. The highest BCUT2D eigenvalue weighted by Gasteiger charge is 2.14. The van der Waals surface area contributed by atoms with Gasteiger partial charge >= 0.3 is 0 Å². The van der Waals surface area contributed by atoms with Crippen LogP contribution in [-0.4, -0.2) is 42.1 Å². The monoisotopic (exact) mass is 347 g/mol. The molecule has 1 N–H and O–H groups in total. The summed E-state index contributed by atoms with van der Waals surface area (Å²) < 4.78 is 24.5. The molecular formula is C13H21N3O2S3. The molecule has 0 aliphatic heterocycles. The van der Waals surface area contributed by atoms with E-state index in [-0.39, 0.29) is 5.75 Å². The van der Waals surface area contributed by atoms with Crippen LogP contribution in [0.25, 0.3) is 4.96 Å². The number of nitrogens with one attached hydrogen (secondary N) is 1. The Bertz CT molecular complexity index is 689. The molecule has 5 nitrogen and oxygen atoms in total. The SMILES string of the molecule is CC(C)CNCc1c(SCCS(C)(=O)=O)nc2sccn12. The molecule has 0 spiro atoms. The molecule has 0 aromatic carbocycles. The Balaban J connectivity index is 2.08. The van der Waals surface area contributed by atoms with Gasteiger partial charge in [-0.25, -0.2) is 13.4 Å². The highest BCUT2D eigenvalue weighted by molar-refractivity contribution is 8.00. The van der Waals surface area contributed by atoms with E-state index in [4.69, 9.17) is 0 Å². The summed E-state index contributed by atoms with van der Waals surface area (Å²) in [5.74, 6) is 1.32. The Morgan fingerprint density at radius 1 is 1.48 bits per heavy atom. The number of rotatable bonds is 8. The lowest BCUT2D eigenvalue weighted by molar-refractivity contribution is 0.544. The summed E-state index contributed by atoms with van der Waals surface area (Å²) in [5, 5.41) is 6.37. The van der Waals surface area contributed by atoms with Crippen molar-refractivity contribution in [2.75, 3.05) is 24.3 Å². The molecule has 0 amide bonds. The highest BCUT2D eigenvalue weighted by Crippen LogP contribution is 2.26. The predicted octanol–water partition coefficient (Wildman–Crippen LogP) is 2.28. The lowest BCUT2D eigenvalue weighted by atomic mass is 10.2. The summed E-state index contributed by atoms with van der Waals surface area (Å²) in [7, 11) is -2.92. The summed E-state index contributed by atoms with van der Waals surface area (Å²) in [6, 6.07) is 0. The van der Waals surface area contributed by atoms with Crippen LogP contribution in [0.3, 0.4) is 0 Å². The average Bonchev–Trinajstić information content (AvgIpc) is 2.90. The normalized spacial score (nSPS) is 12.6. The van der Waals surface area contributed by atoms with Gasteiger partial charge in [-0.2, -0.15) is 0 Å². The molecule has 2 aromatic rings. The molecule has 0 aliphatic rings. The Morgan fingerprint density at radius 2 is 2.24 bits per heavy atom. The fourth-order valence-electron chi connectivity index (χ4n) is 1.86. The first-order chi connectivity index (χ1) is 9.87. The van der Waals surface area contributed by atoms with Gasteiger partial charge in [0.2, 0.25) is 0 Å². The van der Waals surface area contributed by atoms with Crippen LogP contribution in [0.5, 0.6) is 0 Å². The van der Waals surface area contributed by atoms with Crippen molar-refractivity contribution in [2.24, 2.45) is 5.92 Å². The standard InChI is InChI=1S/C13H21N3O2S3/c1-10(2)8-14-9-11-12(19-6-7-21(3,17)18)15-13-16(11)4-5-20-13/h4-5,10,14H,6-9H2,1-3H3. The summed E-state index contributed by atoms with van der Waals surface area (Å²) in [6.07, 6.45) is 3.28. The minimum atomic E-state index is -2.92. The Kier molecular flexibility index (Phi) is 5.70. The molecule has 21 heavy (non-hydrogen) atoms. The number of nitrogens with zero attached hydrogens (tertiary/aromatic N) is 2. The molecule has 0 bridgehead atoms. The molecule has 0 saturated carbocycles. The maximum absolute atomic E-state index is 11.2. The Labute approximate surface area is 134 Å². The maximum atomic E-state index is 11.2. The predicted molar refractivity (Wildman–Crippen MR) is 90.0 cm³/mol. The second kappa shape index (κ2) is 7.13. The van der Waals surface area contributed by atoms with Gasteiger partial charge in [-0.3, -0.25) is 4.40 Å². The van der Waals surface area contributed by atoms with Crippen LogP contribution in [0.4, 0.5) is 0 Å². The number of sulfone groups is 1. The minimum absolute atomic E-state index is 0.182. The first-order valence-electron chi connectivity index (χ1n) is 6.82. The molecule has 0 unspecified atom stereocenters. The van der Waals surface area contributed by atoms with Crippen molar-refractivity contribution < 1.29 is 8.42 Å². The van der Waals surface area contributed by atoms with Gasteiger partial charge in [-0.05, 0) is 12.5 Å². The van der Waals surface area contributed by atoms with Crippen LogP contribution >= 0.6 is 23.1 Å². The number of imidazole rings is 1. The molecule has 2 heterocycles. The molecule has 0 saturated heterocycles. The average molecular weight is 348 g/mol. The zero-order valence-corrected chi connectivity index (χ0v) is 14.9. The van der Waals surface area contributed by atoms with E-state index in [9.17, 15) is 8.42 Å². The molecular weight excluding hydrogens is 326 g/mol. The number of thioether (sulfide) groups is 1. The second-order valence-electron chi connectivity index (χ2n) is 5.42. The Hall–Kier alpha value is -0.570. The van der Waals surface area contributed by atoms with Gasteiger partial charge in [0.1, 0.15) is 14.9 Å². The number of fused-ring (bicyclic) bond motifs is 1. The minimum Gasteiger partial charge on any atom is -0.311 e. The molecule has 0 radical (unpaired) electrons. The van der Waals surface area contributed by atoms with Crippen molar-refractivity contribution in [3.63, 3.8) is 0 Å². The van der Waals surface area contributed by atoms with Crippen molar-refractivity contribution in [2.45, 2.75) is 25.4 Å². The van der Waals surface area contributed by atoms with E-state index in [0.717, 1.165) is 28.8 Å². The quantitative estimate of drug-likeness (QED) is 0.742. The number of thiazole rings is 1. The van der Waals surface area contributed by atoms with Gasteiger partial charge in [0.05, 0.1) is 11.4 Å². The van der Waals surface area contributed by atoms with E-state index in [1.807, 2.05) is 11.6 Å². The van der Waals surface area contributed by atoms with Crippen LogP contribution in [0.2, 0.25) is 0 Å². The number of hydrogen-bond donors (Lipinski definition) is 1. The van der Waals surface area contributed by atoms with Gasteiger partial charge < -0.3 is 5.32 Å². The number of hydrogen-bond acceptors (Lipinski definition) is 6. The zero-order valence-electron chi connectivity index (χ0n) is 12.5. The first-order valence-corrected chi connectivity index (χ1v) is 10.7. The largest absolute Gasteiger partial charge is 0.311 e. The van der Waals surface area contributed by atoms with Crippen molar-refractivity contribution >= 4 is 37.9 Å². The molecule has 0 fully saturated rings. The fraction of sp³-hybridized carbons (Fsp3) is 0.615. The van der Waals surface area contributed by atoms with Gasteiger partial charge in [-0.1, -0.05) is 13.8 Å². The van der Waals surface area contributed by atoms with Crippen molar-refractivity contribution in [3.05, 3.63) is 17.3 Å². The zero-order chi connectivity index (χ0) is 15.5. The summed E-state index contributed by atoms with van der Waals surface area (Å²) in [4.78, 5) is 5.56. The third kappa shape index (κ3) is 4.98. The Morgan fingerprint density at radius 3 is 2.90 bits per heavy atom. The van der Waals surface area contributed by atoms with E-state index in [1.54, 1.807) is 11.3 Å². The lowest BCUT2D eigenvalue weighted by Crippen LogP contribution is -2.20. The summed E-state index contributed by atoms with van der Waals surface area (Å²) >= 11 is 3.11. The van der Waals surface area contributed by atoms with Crippen LogP contribution in [0.15, 0.2) is 16.6 Å². The van der Waals surface area contributed by atoms with Crippen molar-refractivity contribution in [3.8, 4) is 0 Å². The molecule has 118 valence electrons. The third-order valence-corrected chi connectivity index (χ3v) is 5.83. The fourth-order valence-corrected chi connectivity index (χ4v) is 4.87. The van der Waals surface area contributed by atoms with Gasteiger partial charge in [0, 0.05) is 30.1 Å². The smallest absolute Gasteiger partial charge is 0.194 e. The van der Waals surface area contributed by atoms with Crippen LogP contribution in [0.1, 0.15) is 19.5 Å². The van der Waals surface area contributed by atoms with Gasteiger partial charge in [0.25, 0.3) is 0 Å². The molecule has 8 heteroatoms. The van der Waals surface area contributed by atoms with E-state index in [2.05, 4.69) is 28.5 Å². The van der Waals surface area contributed by atoms with Crippen LogP contribution in [0, 0.1) is 5.92 Å². The highest BCUT2D eigenvalue weighted by atomic mass is 32.2. The van der Waals surface area contributed by atoms with E-state index in [1.165, 1.54) is 18.0 Å². The van der Waals surface area contributed by atoms with E-state index in [0.29, 0.717) is 11.7 Å². The van der Waals surface area contributed by atoms with Crippen molar-refractivity contribution in [1.29, 1.82) is 0 Å². The van der Waals surface area contributed by atoms with Gasteiger partial charge in [-0.15, -0.1) is 23.1 Å². The lowest BCUT2D eigenvalue weighted by Gasteiger charge is -2.08. The summed E-state index contributed by atoms with van der Waals surface area (Å²) in [5.41, 5.74) is 1.12. The van der Waals surface area contributed by atoms with Crippen molar-refractivity contribution in [1.82, 2.24) is 14.7 Å². The third-order valence-electron chi connectivity index (χ3n) is 2.86. The van der Waals surface area contributed by atoms with E-state index >= 15 is 0 Å².